The minimum absolute atomic E-state index is 0.0478. The van der Waals surface area contributed by atoms with Crippen LogP contribution in [0.5, 0.6) is 0 Å². The van der Waals surface area contributed by atoms with E-state index in [1.165, 1.54) is 12.8 Å². The number of hydrogen-bond donors (Lipinski definition) is 1. The number of nitrogens with zero attached hydrogens (tertiary/aromatic N) is 3. The van der Waals surface area contributed by atoms with E-state index in [2.05, 4.69) is 25.2 Å². The van der Waals surface area contributed by atoms with Crippen LogP contribution in [0.25, 0.3) is 0 Å². The van der Waals surface area contributed by atoms with Crippen LogP contribution in [0.1, 0.15) is 40.8 Å². The minimum atomic E-state index is -0.274. The Hall–Kier alpha value is -2.15. The lowest BCUT2D eigenvalue weighted by Gasteiger charge is -2.25. The molecule has 2 aromatic heterocycles. The molecule has 3 rings (SSSR count). The summed E-state index contributed by atoms with van der Waals surface area (Å²) in [7, 11) is 0. The van der Waals surface area contributed by atoms with Gasteiger partial charge < -0.3 is 9.73 Å². The molecule has 0 aliphatic carbocycles. The lowest BCUT2D eigenvalue weighted by atomic mass is 10.2. The Morgan fingerprint density at radius 1 is 1.43 bits per heavy atom. The molecular weight excluding hydrogens is 272 g/mol. The second-order valence-electron chi connectivity index (χ2n) is 5.18. The van der Waals surface area contributed by atoms with Crippen molar-refractivity contribution in [2.75, 3.05) is 19.6 Å². The Labute approximate surface area is 122 Å². The Morgan fingerprint density at radius 2 is 2.24 bits per heavy atom. The molecule has 1 aliphatic heterocycles. The molecule has 2 aromatic rings. The number of amides is 1. The van der Waals surface area contributed by atoms with Gasteiger partial charge in [0.05, 0.1) is 12.3 Å². The van der Waals surface area contributed by atoms with E-state index in [0.717, 1.165) is 18.8 Å². The van der Waals surface area contributed by atoms with Gasteiger partial charge in [-0.05, 0) is 50.1 Å². The Kier molecular flexibility index (Phi) is 4.01. The maximum absolute atomic E-state index is 12.1. The molecule has 7 nitrogen and oxygen atoms in total. The summed E-state index contributed by atoms with van der Waals surface area (Å²) in [6, 6.07) is 3.86. The van der Waals surface area contributed by atoms with Crippen LogP contribution in [-0.2, 0) is 0 Å². The standard InChI is InChI=1S/C14H18N4O3/c1-10-13(17-21-16-10)14(19)15-9-11(12-5-4-8-20-12)18-6-2-3-7-18/h4-5,8,11H,2-3,6-7,9H2,1H3,(H,15,19)/t11-/m1/s1. The largest absolute Gasteiger partial charge is 0.468 e. The van der Waals surface area contributed by atoms with E-state index in [0.29, 0.717) is 12.2 Å². The maximum atomic E-state index is 12.1. The molecule has 3 heterocycles. The highest BCUT2D eigenvalue weighted by atomic mass is 16.6. The molecule has 0 unspecified atom stereocenters. The van der Waals surface area contributed by atoms with Crippen molar-refractivity contribution in [3.63, 3.8) is 0 Å². The summed E-state index contributed by atoms with van der Waals surface area (Å²) in [5.41, 5.74) is 0.720. The number of carbonyl (C=O) groups is 1. The van der Waals surface area contributed by atoms with Crippen LogP contribution in [0.4, 0.5) is 0 Å². The lowest BCUT2D eigenvalue weighted by Crippen LogP contribution is -2.36. The van der Waals surface area contributed by atoms with E-state index < -0.39 is 0 Å². The highest BCUT2D eigenvalue weighted by molar-refractivity contribution is 5.92. The molecule has 1 saturated heterocycles. The average molecular weight is 290 g/mol. The number of likely N-dealkylation sites (tertiary alicyclic amines) is 1. The molecule has 1 atom stereocenters. The summed E-state index contributed by atoms with van der Waals surface area (Å²) < 4.78 is 10.1. The molecule has 1 amide bonds. The van der Waals surface area contributed by atoms with Gasteiger partial charge in [-0.25, -0.2) is 4.63 Å². The molecule has 1 N–H and O–H groups in total. The van der Waals surface area contributed by atoms with Crippen LogP contribution in [0.3, 0.4) is 0 Å². The molecule has 0 radical (unpaired) electrons. The highest BCUT2D eigenvalue weighted by Crippen LogP contribution is 2.24. The summed E-state index contributed by atoms with van der Waals surface area (Å²) in [6.45, 7) is 4.20. The second-order valence-corrected chi connectivity index (χ2v) is 5.18. The molecule has 0 bridgehead atoms. The number of nitrogens with one attached hydrogen (secondary N) is 1. The van der Waals surface area contributed by atoms with Crippen LogP contribution in [0, 0.1) is 6.92 Å². The number of aromatic nitrogens is 2. The molecular formula is C14H18N4O3. The van der Waals surface area contributed by atoms with Gasteiger partial charge in [0, 0.05) is 6.54 Å². The quantitative estimate of drug-likeness (QED) is 0.899. The third-order valence-electron chi connectivity index (χ3n) is 3.78. The van der Waals surface area contributed by atoms with Gasteiger partial charge in [0.1, 0.15) is 11.5 Å². The van der Waals surface area contributed by atoms with Crippen molar-refractivity contribution < 1.29 is 13.8 Å². The third kappa shape index (κ3) is 2.97. The Bertz CT molecular complexity index is 587. The van der Waals surface area contributed by atoms with Crippen LogP contribution in [-0.4, -0.2) is 40.8 Å². The second kappa shape index (κ2) is 6.09. The summed E-state index contributed by atoms with van der Waals surface area (Å²) in [6.07, 6.45) is 4.01. The van der Waals surface area contributed by atoms with E-state index in [-0.39, 0.29) is 17.6 Å². The van der Waals surface area contributed by atoms with Gasteiger partial charge >= 0.3 is 0 Å². The van der Waals surface area contributed by atoms with Crippen molar-refractivity contribution in [1.29, 1.82) is 0 Å². The van der Waals surface area contributed by atoms with Crippen molar-refractivity contribution in [2.24, 2.45) is 0 Å². The smallest absolute Gasteiger partial charge is 0.275 e. The van der Waals surface area contributed by atoms with Crippen molar-refractivity contribution in [3.8, 4) is 0 Å². The van der Waals surface area contributed by atoms with E-state index in [1.807, 2.05) is 12.1 Å². The van der Waals surface area contributed by atoms with Crippen LogP contribution < -0.4 is 5.32 Å². The first-order chi connectivity index (χ1) is 10.3. The van der Waals surface area contributed by atoms with Crippen LogP contribution >= 0.6 is 0 Å². The predicted octanol–water partition coefficient (Wildman–Crippen LogP) is 1.54. The molecule has 0 spiro atoms. The number of carbonyl (C=O) groups excluding carboxylic acids is 1. The monoisotopic (exact) mass is 290 g/mol. The van der Waals surface area contributed by atoms with Gasteiger partial charge in [-0.2, -0.15) is 0 Å². The summed E-state index contributed by atoms with van der Waals surface area (Å²) >= 11 is 0. The number of rotatable bonds is 5. The molecule has 0 aromatic carbocycles. The molecule has 0 saturated carbocycles. The first kappa shape index (κ1) is 13.8. The van der Waals surface area contributed by atoms with Gasteiger partial charge in [0.15, 0.2) is 5.69 Å². The zero-order valence-electron chi connectivity index (χ0n) is 11.9. The fourth-order valence-corrected chi connectivity index (χ4v) is 2.65. The van der Waals surface area contributed by atoms with E-state index in [9.17, 15) is 4.79 Å². The van der Waals surface area contributed by atoms with Gasteiger partial charge in [0.2, 0.25) is 0 Å². The van der Waals surface area contributed by atoms with Gasteiger partial charge in [-0.3, -0.25) is 9.69 Å². The third-order valence-corrected chi connectivity index (χ3v) is 3.78. The zero-order chi connectivity index (χ0) is 14.7. The Balaban J connectivity index is 1.67. The highest BCUT2D eigenvalue weighted by Gasteiger charge is 2.26. The molecule has 1 aliphatic rings. The summed E-state index contributed by atoms with van der Waals surface area (Å²) in [4.78, 5) is 14.4. The van der Waals surface area contributed by atoms with Crippen molar-refractivity contribution >= 4 is 5.91 Å². The minimum Gasteiger partial charge on any atom is -0.468 e. The summed E-state index contributed by atoms with van der Waals surface area (Å²) in [5, 5.41) is 10.1. The number of furan rings is 1. The predicted molar refractivity (Wildman–Crippen MR) is 73.6 cm³/mol. The maximum Gasteiger partial charge on any atom is 0.275 e. The van der Waals surface area contributed by atoms with E-state index in [1.54, 1.807) is 13.2 Å². The zero-order valence-corrected chi connectivity index (χ0v) is 11.9. The first-order valence-electron chi connectivity index (χ1n) is 7.10. The van der Waals surface area contributed by atoms with Gasteiger partial charge in [0.25, 0.3) is 5.91 Å². The van der Waals surface area contributed by atoms with Crippen molar-refractivity contribution in [3.05, 3.63) is 35.5 Å². The normalized spacial score (nSPS) is 17.0. The molecule has 112 valence electrons. The Morgan fingerprint density at radius 3 is 2.86 bits per heavy atom. The van der Waals surface area contributed by atoms with Crippen molar-refractivity contribution in [1.82, 2.24) is 20.5 Å². The molecule has 1 fully saturated rings. The van der Waals surface area contributed by atoms with Crippen LogP contribution in [0.2, 0.25) is 0 Å². The number of aryl methyl sites for hydroxylation is 1. The molecule has 7 heteroatoms. The van der Waals surface area contributed by atoms with Gasteiger partial charge in [-0.1, -0.05) is 5.16 Å². The fourth-order valence-electron chi connectivity index (χ4n) is 2.65. The average Bonchev–Trinajstić information content (AvgIpc) is 3.21. The fraction of sp³-hybridized carbons (Fsp3) is 0.500. The topological polar surface area (TPSA) is 84.4 Å². The van der Waals surface area contributed by atoms with Gasteiger partial charge in [-0.15, -0.1) is 0 Å². The molecule has 21 heavy (non-hydrogen) atoms. The van der Waals surface area contributed by atoms with E-state index in [4.69, 9.17) is 4.42 Å². The first-order valence-corrected chi connectivity index (χ1v) is 7.10. The SMILES string of the molecule is Cc1nonc1C(=O)NC[C@H](c1ccco1)N1CCCC1. The van der Waals surface area contributed by atoms with Crippen LogP contribution in [0.15, 0.2) is 27.4 Å². The summed E-state index contributed by atoms with van der Waals surface area (Å²) in [5.74, 6) is 0.594. The lowest BCUT2D eigenvalue weighted by molar-refractivity contribution is 0.0923. The number of hydrogen-bond acceptors (Lipinski definition) is 6. The van der Waals surface area contributed by atoms with E-state index >= 15 is 0 Å². The van der Waals surface area contributed by atoms with Crippen molar-refractivity contribution in [2.45, 2.75) is 25.8 Å².